The third-order valence-corrected chi connectivity index (χ3v) is 3.50. The molecule has 0 bridgehead atoms. The lowest BCUT2D eigenvalue weighted by Gasteiger charge is -2.16. The van der Waals surface area contributed by atoms with E-state index in [1.54, 1.807) is 12.1 Å². The van der Waals surface area contributed by atoms with Gasteiger partial charge in [-0.2, -0.15) is 0 Å². The maximum atomic E-state index is 11.2. The maximum Gasteiger partial charge on any atom is 0.238 e. The monoisotopic (exact) mass is 396 g/mol. The fraction of sp³-hybridized carbons (Fsp3) is 0.364. The summed E-state index contributed by atoms with van der Waals surface area (Å²) in [6.45, 7) is 2.23. The second-order valence-electron chi connectivity index (χ2n) is 4.06. The Hall–Kier alpha value is -0.870. The molecule has 0 saturated carbocycles. The zero-order valence-corrected chi connectivity index (χ0v) is 13.4. The van der Waals surface area contributed by atoms with Crippen LogP contribution in [0.4, 0.5) is 0 Å². The molecular formula is C11H17IN4O2S. The molecule has 0 aromatic heterocycles. The summed E-state index contributed by atoms with van der Waals surface area (Å²) < 4.78 is 22.4. The van der Waals surface area contributed by atoms with Gasteiger partial charge in [0.05, 0.1) is 4.90 Å². The van der Waals surface area contributed by atoms with Crippen molar-refractivity contribution in [3.05, 3.63) is 29.8 Å². The maximum absolute atomic E-state index is 11.2. The van der Waals surface area contributed by atoms with E-state index in [4.69, 9.17) is 5.14 Å². The Morgan fingerprint density at radius 2 is 2.21 bits per heavy atom. The number of nitrogens with two attached hydrogens (primary N) is 1. The van der Waals surface area contributed by atoms with E-state index < -0.39 is 10.0 Å². The minimum Gasteiger partial charge on any atom is -0.356 e. The van der Waals surface area contributed by atoms with Gasteiger partial charge in [-0.15, -0.1) is 24.0 Å². The molecule has 1 heterocycles. The Morgan fingerprint density at radius 3 is 2.84 bits per heavy atom. The second kappa shape index (κ2) is 7.06. The summed E-state index contributed by atoms with van der Waals surface area (Å²) in [4.78, 5) is 4.39. The predicted octanol–water partition coefficient (Wildman–Crippen LogP) is 0.391. The molecule has 0 radical (unpaired) electrons. The van der Waals surface area contributed by atoms with Crippen LogP contribution in [-0.4, -0.2) is 27.5 Å². The molecule has 19 heavy (non-hydrogen) atoms. The molecule has 0 fully saturated rings. The van der Waals surface area contributed by atoms with Crippen molar-refractivity contribution in [2.24, 2.45) is 10.1 Å². The standard InChI is InChI=1S/C11H16N4O2S.HI/c12-18(16,17)10-4-1-3-9(7-10)8-15-11-13-5-2-6-14-11;/h1,3-4,7H,2,5-6,8H2,(H2,12,16,17)(H2,13,14,15);1H. The fourth-order valence-corrected chi connectivity index (χ4v) is 2.25. The zero-order valence-electron chi connectivity index (χ0n) is 10.3. The molecular weight excluding hydrogens is 379 g/mol. The van der Waals surface area contributed by atoms with E-state index >= 15 is 0 Å². The molecule has 1 aliphatic rings. The summed E-state index contributed by atoms with van der Waals surface area (Å²) in [7, 11) is -3.64. The number of nitrogens with zero attached hydrogens (tertiary/aromatic N) is 1. The number of nitrogens with one attached hydrogen (secondary N) is 2. The summed E-state index contributed by atoms with van der Waals surface area (Å²) in [5.41, 5.74) is 0.844. The van der Waals surface area contributed by atoms with Crippen LogP contribution in [0.15, 0.2) is 34.2 Å². The molecule has 0 atom stereocenters. The molecule has 106 valence electrons. The van der Waals surface area contributed by atoms with Crippen molar-refractivity contribution in [2.45, 2.75) is 17.9 Å². The van der Waals surface area contributed by atoms with E-state index in [0.29, 0.717) is 6.54 Å². The Labute approximate surface area is 129 Å². The second-order valence-corrected chi connectivity index (χ2v) is 5.62. The lowest BCUT2D eigenvalue weighted by atomic mass is 10.2. The van der Waals surface area contributed by atoms with Gasteiger partial charge in [-0.1, -0.05) is 12.1 Å². The minimum absolute atomic E-state index is 0. The Balaban J connectivity index is 0.00000180. The number of primary sulfonamides is 1. The minimum atomic E-state index is -3.64. The molecule has 0 amide bonds. The van der Waals surface area contributed by atoms with E-state index in [1.165, 1.54) is 6.07 Å². The van der Waals surface area contributed by atoms with E-state index in [1.807, 2.05) is 6.07 Å². The van der Waals surface area contributed by atoms with E-state index in [-0.39, 0.29) is 28.9 Å². The smallest absolute Gasteiger partial charge is 0.238 e. The number of hydrogen-bond donors (Lipinski definition) is 3. The van der Waals surface area contributed by atoms with E-state index in [9.17, 15) is 8.42 Å². The number of benzene rings is 1. The Morgan fingerprint density at radius 1 is 1.42 bits per heavy atom. The van der Waals surface area contributed by atoms with Crippen LogP contribution in [0.1, 0.15) is 12.0 Å². The van der Waals surface area contributed by atoms with Gasteiger partial charge in [-0.05, 0) is 24.1 Å². The van der Waals surface area contributed by atoms with Crippen molar-refractivity contribution in [3.8, 4) is 0 Å². The molecule has 0 spiro atoms. The van der Waals surface area contributed by atoms with Crippen molar-refractivity contribution in [1.29, 1.82) is 0 Å². The first-order valence-electron chi connectivity index (χ1n) is 5.70. The third kappa shape index (κ3) is 4.96. The van der Waals surface area contributed by atoms with Gasteiger partial charge >= 0.3 is 0 Å². The average molecular weight is 396 g/mol. The van der Waals surface area contributed by atoms with Crippen molar-refractivity contribution in [2.75, 3.05) is 13.1 Å². The SMILES string of the molecule is I.NS(=O)(=O)c1cccc(CNC2=NCCCN2)c1. The number of hydrogen-bond acceptors (Lipinski definition) is 5. The van der Waals surface area contributed by atoms with Crippen LogP contribution in [0, 0.1) is 0 Å². The van der Waals surface area contributed by atoms with Crippen molar-refractivity contribution >= 4 is 40.0 Å². The van der Waals surface area contributed by atoms with Crippen molar-refractivity contribution in [3.63, 3.8) is 0 Å². The van der Waals surface area contributed by atoms with Crippen LogP contribution < -0.4 is 15.8 Å². The summed E-state index contributed by atoms with van der Waals surface area (Å²) in [5, 5.41) is 11.3. The number of aliphatic imine (C=N–C) groups is 1. The average Bonchev–Trinajstić information content (AvgIpc) is 2.37. The van der Waals surface area contributed by atoms with Gasteiger partial charge in [-0.3, -0.25) is 4.99 Å². The van der Waals surface area contributed by atoms with Crippen LogP contribution >= 0.6 is 24.0 Å². The van der Waals surface area contributed by atoms with E-state index in [2.05, 4.69) is 15.6 Å². The Bertz CT molecular complexity index is 560. The van der Waals surface area contributed by atoms with Crippen molar-refractivity contribution in [1.82, 2.24) is 10.6 Å². The number of rotatable bonds is 3. The summed E-state index contributed by atoms with van der Waals surface area (Å²) in [6.07, 6.45) is 1.03. The predicted molar refractivity (Wildman–Crippen MR) is 85.0 cm³/mol. The quantitative estimate of drug-likeness (QED) is 0.645. The van der Waals surface area contributed by atoms with Crippen LogP contribution in [0.5, 0.6) is 0 Å². The summed E-state index contributed by atoms with van der Waals surface area (Å²) in [6, 6.07) is 6.55. The van der Waals surface area contributed by atoms with Crippen molar-refractivity contribution < 1.29 is 8.42 Å². The molecule has 4 N–H and O–H groups in total. The normalized spacial score (nSPS) is 14.9. The molecule has 0 unspecified atom stereocenters. The zero-order chi connectivity index (χ0) is 13.0. The first kappa shape index (κ1) is 16.2. The lowest BCUT2D eigenvalue weighted by molar-refractivity contribution is 0.597. The van der Waals surface area contributed by atoms with Crippen LogP contribution in [0.3, 0.4) is 0 Å². The van der Waals surface area contributed by atoms with Gasteiger partial charge in [0, 0.05) is 19.6 Å². The molecule has 0 aliphatic carbocycles. The van der Waals surface area contributed by atoms with Gasteiger partial charge < -0.3 is 10.6 Å². The summed E-state index contributed by atoms with van der Waals surface area (Å²) >= 11 is 0. The van der Waals surface area contributed by atoms with E-state index in [0.717, 1.165) is 31.0 Å². The largest absolute Gasteiger partial charge is 0.356 e. The number of guanidine groups is 1. The fourth-order valence-electron chi connectivity index (χ4n) is 1.67. The molecule has 0 saturated heterocycles. The topological polar surface area (TPSA) is 96.6 Å². The molecule has 8 heteroatoms. The highest BCUT2D eigenvalue weighted by molar-refractivity contribution is 14.0. The molecule has 6 nitrogen and oxygen atoms in total. The highest BCUT2D eigenvalue weighted by atomic mass is 127. The molecule has 2 rings (SSSR count). The van der Waals surface area contributed by atoms with Gasteiger partial charge in [0.15, 0.2) is 5.96 Å². The Kier molecular flexibility index (Phi) is 6.01. The highest BCUT2D eigenvalue weighted by Crippen LogP contribution is 2.09. The third-order valence-electron chi connectivity index (χ3n) is 2.58. The lowest BCUT2D eigenvalue weighted by Crippen LogP contribution is -2.40. The molecule has 1 aromatic carbocycles. The molecule has 1 aliphatic heterocycles. The van der Waals surface area contributed by atoms with Gasteiger partial charge in [0.1, 0.15) is 0 Å². The summed E-state index contributed by atoms with van der Waals surface area (Å²) in [5.74, 6) is 0.752. The van der Waals surface area contributed by atoms with Gasteiger partial charge in [0.2, 0.25) is 10.0 Å². The highest BCUT2D eigenvalue weighted by Gasteiger charge is 2.08. The van der Waals surface area contributed by atoms with Gasteiger partial charge in [-0.25, -0.2) is 13.6 Å². The molecule has 1 aromatic rings. The van der Waals surface area contributed by atoms with Crippen LogP contribution in [0.25, 0.3) is 0 Å². The van der Waals surface area contributed by atoms with Crippen LogP contribution in [0.2, 0.25) is 0 Å². The van der Waals surface area contributed by atoms with Crippen LogP contribution in [-0.2, 0) is 16.6 Å². The van der Waals surface area contributed by atoms with Gasteiger partial charge in [0.25, 0.3) is 0 Å². The number of sulfonamides is 1. The number of halogens is 1. The first-order valence-corrected chi connectivity index (χ1v) is 7.24. The first-order chi connectivity index (χ1) is 8.55.